The molecule has 1 saturated heterocycles. The van der Waals surface area contributed by atoms with Crippen molar-refractivity contribution in [3.8, 4) is 5.75 Å². The van der Waals surface area contributed by atoms with Gasteiger partial charge in [-0.1, -0.05) is 18.2 Å². The van der Waals surface area contributed by atoms with Crippen LogP contribution < -0.4 is 10.1 Å². The number of hydrogen-bond donors (Lipinski definition) is 1. The van der Waals surface area contributed by atoms with Crippen LogP contribution in [0.1, 0.15) is 16.4 Å². The minimum absolute atomic E-state index is 0.0935. The van der Waals surface area contributed by atoms with E-state index in [1.165, 1.54) is 6.26 Å². The molecule has 0 aliphatic carbocycles. The Kier molecular flexibility index (Phi) is 4.99. The highest BCUT2D eigenvalue weighted by atomic mass is 16.5. The van der Waals surface area contributed by atoms with Crippen LogP contribution in [0.25, 0.3) is 10.9 Å². The summed E-state index contributed by atoms with van der Waals surface area (Å²) >= 11 is 0. The Hall–Kier alpha value is -2.97. The Bertz CT molecular complexity index is 936. The van der Waals surface area contributed by atoms with Gasteiger partial charge in [0.15, 0.2) is 12.3 Å². The van der Waals surface area contributed by atoms with Crippen LogP contribution in [0.2, 0.25) is 0 Å². The Morgan fingerprint density at radius 3 is 3.07 bits per heavy atom. The predicted molar refractivity (Wildman–Crippen MR) is 95.4 cm³/mol. The molecule has 1 N–H and O–H groups in total. The smallest absolute Gasteiger partial charge is 0.273 e. The largest absolute Gasteiger partial charge is 0.482 e. The highest BCUT2D eigenvalue weighted by molar-refractivity contribution is 5.92. The van der Waals surface area contributed by atoms with E-state index < -0.39 is 0 Å². The summed E-state index contributed by atoms with van der Waals surface area (Å²) in [7, 11) is 1.59. The minimum atomic E-state index is -0.339. The van der Waals surface area contributed by atoms with Crippen LogP contribution in [0.15, 0.2) is 47.2 Å². The lowest BCUT2D eigenvalue weighted by molar-refractivity contribution is 0.0684. The molecule has 3 heterocycles. The van der Waals surface area contributed by atoms with E-state index in [9.17, 15) is 4.79 Å². The number of aromatic nitrogens is 2. The molecule has 8 nitrogen and oxygen atoms in total. The third kappa shape index (κ3) is 3.76. The molecule has 27 heavy (non-hydrogen) atoms. The number of pyridine rings is 1. The van der Waals surface area contributed by atoms with E-state index in [0.29, 0.717) is 24.9 Å². The predicted octanol–water partition coefficient (Wildman–Crippen LogP) is 1.95. The zero-order valence-corrected chi connectivity index (χ0v) is 14.8. The summed E-state index contributed by atoms with van der Waals surface area (Å²) in [5.41, 5.74) is 0.947. The second-order valence-corrected chi connectivity index (χ2v) is 6.14. The number of methoxy groups -OCH3 is 1. The van der Waals surface area contributed by atoms with Gasteiger partial charge in [0.1, 0.15) is 23.6 Å². The molecule has 1 fully saturated rings. The molecule has 2 atom stereocenters. The number of fused-ring (bicyclic) bond motifs is 1. The fourth-order valence-electron chi connectivity index (χ4n) is 2.96. The number of carbonyl (C=O) groups is 1. The van der Waals surface area contributed by atoms with Gasteiger partial charge in [0.2, 0.25) is 5.89 Å². The second kappa shape index (κ2) is 7.73. The van der Waals surface area contributed by atoms with Crippen molar-refractivity contribution < 1.29 is 23.4 Å². The minimum Gasteiger partial charge on any atom is -0.482 e. The van der Waals surface area contributed by atoms with Crippen molar-refractivity contribution in [2.75, 3.05) is 20.3 Å². The highest BCUT2D eigenvalue weighted by Gasteiger charge is 2.30. The van der Waals surface area contributed by atoms with Crippen LogP contribution >= 0.6 is 0 Å². The SMILES string of the molecule is CO[C@H]1COC[C@@H]1NC(=O)c1coc(COc2cccc3cccnc23)n1. The van der Waals surface area contributed by atoms with E-state index in [4.69, 9.17) is 18.6 Å². The van der Waals surface area contributed by atoms with Gasteiger partial charge >= 0.3 is 0 Å². The number of amides is 1. The average Bonchev–Trinajstić information content (AvgIpc) is 3.35. The van der Waals surface area contributed by atoms with Crippen molar-refractivity contribution in [1.82, 2.24) is 15.3 Å². The number of nitrogens with zero attached hydrogens (tertiary/aromatic N) is 2. The molecule has 4 rings (SSSR count). The van der Waals surface area contributed by atoms with Crippen molar-refractivity contribution in [2.24, 2.45) is 0 Å². The van der Waals surface area contributed by atoms with Crippen LogP contribution in [0.3, 0.4) is 0 Å². The van der Waals surface area contributed by atoms with Gasteiger partial charge in [0.25, 0.3) is 5.91 Å². The van der Waals surface area contributed by atoms with Gasteiger partial charge in [-0.3, -0.25) is 9.78 Å². The third-order valence-electron chi connectivity index (χ3n) is 4.38. The molecule has 0 radical (unpaired) electrons. The van der Waals surface area contributed by atoms with E-state index in [1.807, 2.05) is 30.3 Å². The molecule has 140 valence electrons. The lowest BCUT2D eigenvalue weighted by Gasteiger charge is -2.16. The standard InChI is InChI=1S/C19H19N3O5/c1-24-16-10-25-8-13(16)22-19(23)14-9-27-17(21-14)11-26-15-6-2-4-12-5-3-7-20-18(12)15/h2-7,9,13,16H,8,10-11H2,1H3,(H,22,23)/t13-,16-/m0/s1. The number of carbonyl (C=O) groups excluding carboxylic acids is 1. The molecule has 8 heteroatoms. The Morgan fingerprint density at radius 2 is 2.19 bits per heavy atom. The number of hydrogen-bond acceptors (Lipinski definition) is 7. The normalized spacial score (nSPS) is 19.3. The maximum atomic E-state index is 12.3. The first kappa shape index (κ1) is 17.4. The first-order chi connectivity index (χ1) is 13.2. The molecule has 0 unspecified atom stereocenters. The zero-order valence-electron chi connectivity index (χ0n) is 14.8. The van der Waals surface area contributed by atoms with Crippen LogP contribution in [0.4, 0.5) is 0 Å². The van der Waals surface area contributed by atoms with Gasteiger partial charge in [-0.05, 0) is 12.1 Å². The molecule has 0 spiro atoms. The van der Waals surface area contributed by atoms with Crippen LogP contribution in [-0.2, 0) is 16.1 Å². The van der Waals surface area contributed by atoms with E-state index >= 15 is 0 Å². The Balaban J connectivity index is 1.40. The number of para-hydroxylation sites is 1. The van der Waals surface area contributed by atoms with E-state index in [0.717, 1.165) is 10.9 Å². The Morgan fingerprint density at radius 1 is 1.30 bits per heavy atom. The molecular formula is C19H19N3O5. The van der Waals surface area contributed by atoms with Crippen molar-refractivity contribution in [3.63, 3.8) is 0 Å². The first-order valence-electron chi connectivity index (χ1n) is 8.57. The molecule has 1 aromatic carbocycles. The molecule has 0 saturated carbocycles. The fourth-order valence-corrected chi connectivity index (χ4v) is 2.96. The first-order valence-corrected chi connectivity index (χ1v) is 8.57. The topological polar surface area (TPSA) is 95.7 Å². The summed E-state index contributed by atoms with van der Waals surface area (Å²) < 4.78 is 21.7. The summed E-state index contributed by atoms with van der Waals surface area (Å²) in [5, 5.41) is 3.83. The average molecular weight is 369 g/mol. The van der Waals surface area contributed by atoms with Gasteiger partial charge in [-0.25, -0.2) is 4.98 Å². The fraction of sp³-hybridized carbons (Fsp3) is 0.316. The summed E-state index contributed by atoms with van der Waals surface area (Å²) in [6.07, 6.45) is 2.86. The van der Waals surface area contributed by atoms with Gasteiger partial charge < -0.3 is 23.9 Å². The maximum absolute atomic E-state index is 12.3. The van der Waals surface area contributed by atoms with Gasteiger partial charge in [0, 0.05) is 18.7 Å². The lowest BCUT2D eigenvalue weighted by atomic mass is 10.2. The monoisotopic (exact) mass is 369 g/mol. The van der Waals surface area contributed by atoms with Gasteiger partial charge in [-0.2, -0.15) is 0 Å². The van der Waals surface area contributed by atoms with Crippen molar-refractivity contribution >= 4 is 16.8 Å². The quantitative estimate of drug-likeness (QED) is 0.709. The summed E-state index contributed by atoms with van der Waals surface area (Å²) in [6, 6.07) is 9.31. The van der Waals surface area contributed by atoms with Gasteiger partial charge in [0.05, 0.1) is 19.3 Å². The van der Waals surface area contributed by atoms with Crippen molar-refractivity contribution in [2.45, 2.75) is 18.8 Å². The molecule has 2 aromatic heterocycles. The van der Waals surface area contributed by atoms with Crippen LogP contribution in [-0.4, -0.2) is 48.3 Å². The molecule has 1 aliphatic heterocycles. The van der Waals surface area contributed by atoms with E-state index in [-0.39, 0.29) is 30.4 Å². The summed E-state index contributed by atoms with van der Waals surface area (Å²) in [4.78, 5) is 20.9. The maximum Gasteiger partial charge on any atom is 0.273 e. The molecule has 1 amide bonds. The Labute approximate surface area is 155 Å². The molecule has 1 aliphatic rings. The van der Waals surface area contributed by atoms with Crippen molar-refractivity contribution in [3.05, 3.63) is 54.4 Å². The second-order valence-electron chi connectivity index (χ2n) is 6.14. The summed E-state index contributed by atoms with van der Waals surface area (Å²) in [5.74, 6) is 0.594. The van der Waals surface area contributed by atoms with E-state index in [2.05, 4.69) is 15.3 Å². The van der Waals surface area contributed by atoms with Crippen LogP contribution in [0.5, 0.6) is 5.75 Å². The number of ether oxygens (including phenoxy) is 3. The third-order valence-corrected chi connectivity index (χ3v) is 4.38. The summed E-state index contributed by atoms with van der Waals surface area (Å²) in [6.45, 7) is 0.959. The number of oxazole rings is 1. The highest BCUT2D eigenvalue weighted by Crippen LogP contribution is 2.23. The zero-order chi connectivity index (χ0) is 18.6. The lowest BCUT2D eigenvalue weighted by Crippen LogP contribution is -2.43. The van der Waals surface area contributed by atoms with Gasteiger partial charge in [-0.15, -0.1) is 0 Å². The number of rotatable bonds is 6. The number of benzene rings is 1. The molecule has 3 aromatic rings. The van der Waals surface area contributed by atoms with Crippen LogP contribution in [0, 0.1) is 0 Å². The number of nitrogens with one attached hydrogen (secondary N) is 1. The van der Waals surface area contributed by atoms with E-state index in [1.54, 1.807) is 13.3 Å². The van der Waals surface area contributed by atoms with Crippen molar-refractivity contribution in [1.29, 1.82) is 0 Å². The molecular weight excluding hydrogens is 350 g/mol. The molecule has 0 bridgehead atoms.